The van der Waals surface area contributed by atoms with Gasteiger partial charge in [0, 0.05) is 35.4 Å². The van der Waals surface area contributed by atoms with E-state index < -0.39 is 9.85 Å². The lowest BCUT2D eigenvalue weighted by Gasteiger charge is -1.99. The number of non-ortho nitro benzene ring substituents is 2. The molecular formula is C16H10N2O5. The lowest BCUT2D eigenvalue weighted by Crippen LogP contribution is -1.86. The topological polar surface area (TPSA) is 99.4 Å². The van der Waals surface area contributed by atoms with Crippen molar-refractivity contribution in [2.24, 2.45) is 0 Å². The molecule has 3 rings (SSSR count). The molecule has 0 fully saturated rings. The second-order valence-electron chi connectivity index (χ2n) is 4.77. The van der Waals surface area contributed by atoms with Gasteiger partial charge in [-0.25, -0.2) is 0 Å². The standard InChI is InChI=1S/C16H10N2O5/c19-17(20)13-5-1-11(2-6-13)15-9-10-16(23-15)12-3-7-14(8-4-12)18(21)22/h1-10H. The summed E-state index contributed by atoms with van der Waals surface area (Å²) >= 11 is 0. The lowest BCUT2D eigenvalue weighted by molar-refractivity contribution is -0.385. The van der Waals surface area contributed by atoms with Crippen LogP contribution >= 0.6 is 0 Å². The predicted octanol–water partition coefficient (Wildman–Crippen LogP) is 4.43. The van der Waals surface area contributed by atoms with Gasteiger partial charge in [0.25, 0.3) is 11.4 Å². The van der Waals surface area contributed by atoms with Crippen LogP contribution in [0.25, 0.3) is 22.6 Å². The highest BCUT2D eigenvalue weighted by Gasteiger charge is 2.11. The molecule has 7 nitrogen and oxygen atoms in total. The zero-order valence-corrected chi connectivity index (χ0v) is 11.7. The second-order valence-corrected chi connectivity index (χ2v) is 4.77. The molecular weight excluding hydrogens is 300 g/mol. The van der Waals surface area contributed by atoms with Gasteiger partial charge in [0.15, 0.2) is 0 Å². The summed E-state index contributed by atoms with van der Waals surface area (Å²) in [6.07, 6.45) is 0. The van der Waals surface area contributed by atoms with Crippen molar-refractivity contribution in [1.82, 2.24) is 0 Å². The molecule has 0 amide bonds. The molecule has 0 N–H and O–H groups in total. The molecule has 0 spiro atoms. The summed E-state index contributed by atoms with van der Waals surface area (Å²) in [6.45, 7) is 0. The monoisotopic (exact) mass is 310 g/mol. The Bertz CT molecular complexity index is 794. The van der Waals surface area contributed by atoms with Crippen LogP contribution in [0.15, 0.2) is 65.1 Å². The average molecular weight is 310 g/mol. The normalized spacial score (nSPS) is 10.4. The van der Waals surface area contributed by atoms with E-state index in [-0.39, 0.29) is 11.4 Å². The van der Waals surface area contributed by atoms with Gasteiger partial charge in [-0.15, -0.1) is 0 Å². The van der Waals surface area contributed by atoms with Gasteiger partial charge in [0.1, 0.15) is 11.5 Å². The van der Waals surface area contributed by atoms with E-state index in [4.69, 9.17) is 4.42 Å². The van der Waals surface area contributed by atoms with Crippen LogP contribution in [0.5, 0.6) is 0 Å². The molecule has 1 heterocycles. The highest BCUT2D eigenvalue weighted by Crippen LogP contribution is 2.30. The van der Waals surface area contributed by atoms with E-state index >= 15 is 0 Å². The minimum absolute atomic E-state index is 0.0101. The summed E-state index contributed by atoms with van der Waals surface area (Å²) in [5, 5.41) is 21.3. The highest BCUT2D eigenvalue weighted by atomic mass is 16.6. The molecule has 2 aromatic carbocycles. The fourth-order valence-corrected chi connectivity index (χ4v) is 2.14. The molecule has 0 unspecified atom stereocenters. The number of nitrogens with zero attached hydrogens (tertiary/aromatic N) is 2. The summed E-state index contributed by atoms with van der Waals surface area (Å²) in [7, 11) is 0. The van der Waals surface area contributed by atoms with E-state index in [1.54, 1.807) is 36.4 Å². The SMILES string of the molecule is O=[N+]([O-])c1ccc(-c2ccc(-c3ccc([N+](=O)[O-])cc3)o2)cc1. The summed E-state index contributed by atoms with van der Waals surface area (Å²) < 4.78 is 5.72. The van der Waals surface area contributed by atoms with Crippen LogP contribution in [-0.4, -0.2) is 9.85 Å². The van der Waals surface area contributed by atoms with E-state index in [1.165, 1.54) is 24.3 Å². The van der Waals surface area contributed by atoms with Crippen molar-refractivity contribution >= 4 is 11.4 Å². The Morgan fingerprint density at radius 3 is 1.26 bits per heavy atom. The van der Waals surface area contributed by atoms with Crippen LogP contribution in [0.2, 0.25) is 0 Å². The van der Waals surface area contributed by atoms with Gasteiger partial charge in [0.05, 0.1) is 9.85 Å². The molecule has 0 radical (unpaired) electrons. The van der Waals surface area contributed by atoms with Gasteiger partial charge in [0.2, 0.25) is 0 Å². The maximum atomic E-state index is 10.6. The summed E-state index contributed by atoms with van der Waals surface area (Å²) in [5.41, 5.74) is 1.44. The van der Waals surface area contributed by atoms with Crippen molar-refractivity contribution in [1.29, 1.82) is 0 Å². The van der Waals surface area contributed by atoms with Crippen LogP contribution in [-0.2, 0) is 0 Å². The Balaban J connectivity index is 1.87. The summed E-state index contributed by atoms with van der Waals surface area (Å²) in [4.78, 5) is 20.4. The molecule has 0 aliphatic heterocycles. The molecule has 0 aliphatic rings. The summed E-state index contributed by atoms with van der Waals surface area (Å²) in [6, 6.07) is 15.6. The zero-order chi connectivity index (χ0) is 16.4. The van der Waals surface area contributed by atoms with Crippen molar-refractivity contribution in [2.75, 3.05) is 0 Å². The van der Waals surface area contributed by atoms with Crippen LogP contribution in [0.4, 0.5) is 11.4 Å². The van der Waals surface area contributed by atoms with E-state index in [0.29, 0.717) is 22.6 Å². The van der Waals surface area contributed by atoms with Gasteiger partial charge in [-0.1, -0.05) is 0 Å². The number of rotatable bonds is 4. The zero-order valence-electron chi connectivity index (χ0n) is 11.7. The molecule has 7 heteroatoms. The first kappa shape index (κ1) is 14.5. The fraction of sp³-hybridized carbons (Fsp3) is 0. The fourth-order valence-electron chi connectivity index (χ4n) is 2.14. The molecule has 3 aromatic rings. The average Bonchev–Trinajstić information content (AvgIpc) is 3.05. The lowest BCUT2D eigenvalue weighted by atomic mass is 10.1. The van der Waals surface area contributed by atoms with Crippen molar-refractivity contribution < 1.29 is 14.3 Å². The Morgan fingerprint density at radius 2 is 0.957 bits per heavy atom. The van der Waals surface area contributed by atoms with Crippen LogP contribution in [0.3, 0.4) is 0 Å². The maximum absolute atomic E-state index is 10.6. The third kappa shape index (κ3) is 2.93. The molecule has 0 aliphatic carbocycles. The van der Waals surface area contributed by atoms with Crippen molar-refractivity contribution in [3.63, 3.8) is 0 Å². The second kappa shape index (κ2) is 5.72. The van der Waals surface area contributed by atoms with E-state index in [1.807, 2.05) is 0 Å². The van der Waals surface area contributed by atoms with Crippen molar-refractivity contribution in [3.05, 3.63) is 80.9 Å². The summed E-state index contributed by atoms with van der Waals surface area (Å²) in [5.74, 6) is 1.13. The number of benzene rings is 2. The van der Waals surface area contributed by atoms with E-state index in [9.17, 15) is 20.2 Å². The Morgan fingerprint density at radius 1 is 0.609 bits per heavy atom. The molecule has 1 aromatic heterocycles. The molecule has 0 bridgehead atoms. The van der Waals surface area contributed by atoms with Gasteiger partial charge in [-0.05, 0) is 36.4 Å². The van der Waals surface area contributed by atoms with Crippen LogP contribution < -0.4 is 0 Å². The van der Waals surface area contributed by atoms with E-state index in [0.717, 1.165) is 0 Å². The largest absolute Gasteiger partial charge is 0.456 e. The Kier molecular flexibility index (Phi) is 3.60. The van der Waals surface area contributed by atoms with E-state index in [2.05, 4.69) is 0 Å². The minimum Gasteiger partial charge on any atom is -0.456 e. The number of hydrogen-bond acceptors (Lipinski definition) is 5. The first-order valence-electron chi connectivity index (χ1n) is 6.64. The van der Waals surface area contributed by atoms with Gasteiger partial charge in [-0.2, -0.15) is 0 Å². The van der Waals surface area contributed by atoms with Gasteiger partial charge < -0.3 is 4.42 Å². The smallest absolute Gasteiger partial charge is 0.269 e. The third-order valence-electron chi connectivity index (χ3n) is 3.33. The van der Waals surface area contributed by atoms with Crippen molar-refractivity contribution in [3.8, 4) is 22.6 Å². The molecule has 0 atom stereocenters. The Labute approximate surface area is 130 Å². The third-order valence-corrected chi connectivity index (χ3v) is 3.33. The van der Waals surface area contributed by atoms with Gasteiger partial charge in [-0.3, -0.25) is 20.2 Å². The Hall–Kier alpha value is -3.48. The molecule has 0 saturated heterocycles. The van der Waals surface area contributed by atoms with Gasteiger partial charge >= 0.3 is 0 Å². The molecule has 23 heavy (non-hydrogen) atoms. The number of furan rings is 1. The quantitative estimate of drug-likeness (QED) is 0.524. The van der Waals surface area contributed by atoms with Crippen LogP contribution in [0.1, 0.15) is 0 Å². The van der Waals surface area contributed by atoms with Crippen molar-refractivity contribution in [2.45, 2.75) is 0 Å². The van der Waals surface area contributed by atoms with Crippen LogP contribution in [0, 0.1) is 20.2 Å². The molecule has 0 saturated carbocycles. The highest BCUT2D eigenvalue weighted by molar-refractivity contribution is 5.66. The number of nitro benzene ring substituents is 2. The first-order valence-corrected chi connectivity index (χ1v) is 6.64. The number of hydrogen-bond donors (Lipinski definition) is 0. The molecule has 114 valence electrons. The minimum atomic E-state index is -0.464. The number of nitro groups is 2. The first-order chi connectivity index (χ1) is 11.0. The predicted molar refractivity (Wildman–Crippen MR) is 82.9 cm³/mol. The maximum Gasteiger partial charge on any atom is 0.269 e.